The Bertz CT molecular complexity index is 1300. The fraction of sp³-hybridized carbons (Fsp3) is 0.429. The summed E-state index contributed by atoms with van der Waals surface area (Å²) in [6.45, 7) is 10.4. The summed E-state index contributed by atoms with van der Waals surface area (Å²) in [6.07, 6.45) is 9.40. The first-order chi connectivity index (χ1) is 14.8. The van der Waals surface area contributed by atoms with Gasteiger partial charge in [0.05, 0.1) is 29.8 Å². The maximum Gasteiger partial charge on any atom is 0.297 e. The van der Waals surface area contributed by atoms with Crippen molar-refractivity contribution in [3.05, 3.63) is 41.3 Å². The smallest absolute Gasteiger partial charge is 0.285 e. The highest BCUT2D eigenvalue weighted by atomic mass is 16.2. The standard InChI is InChI=1S/C21H26N8O2/c1-13(2)6-7-26-11-17(9-23-26)19-25-29-18(16-8-24-27(12-16)15(5)30)10-22-20(29)21(31)28(19)14(3)4/h8-14H,6-7H2,1-5H3. The lowest BCUT2D eigenvalue weighted by atomic mass is 10.1. The van der Waals surface area contributed by atoms with Crippen LogP contribution in [0.25, 0.3) is 28.3 Å². The number of nitrogens with zero attached hydrogens (tertiary/aromatic N) is 8. The molecular formula is C21H26N8O2. The summed E-state index contributed by atoms with van der Waals surface area (Å²) >= 11 is 0. The average Bonchev–Trinajstić information content (AvgIpc) is 3.44. The first-order valence-electron chi connectivity index (χ1n) is 10.3. The first kappa shape index (κ1) is 20.7. The van der Waals surface area contributed by atoms with E-state index in [1.54, 1.807) is 29.4 Å². The topological polar surface area (TPSA) is 105 Å². The van der Waals surface area contributed by atoms with Crippen molar-refractivity contribution in [2.45, 2.75) is 53.6 Å². The van der Waals surface area contributed by atoms with Gasteiger partial charge in [0.1, 0.15) is 0 Å². The highest BCUT2D eigenvalue weighted by molar-refractivity contribution is 5.76. The molecule has 10 nitrogen and oxygen atoms in total. The molecule has 0 spiro atoms. The quantitative estimate of drug-likeness (QED) is 0.473. The predicted molar refractivity (Wildman–Crippen MR) is 116 cm³/mol. The van der Waals surface area contributed by atoms with Crippen LogP contribution in [-0.4, -0.2) is 44.6 Å². The predicted octanol–water partition coefficient (Wildman–Crippen LogP) is 2.91. The van der Waals surface area contributed by atoms with Crippen LogP contribution < -0.4 is 5.56 Å². The molecular weight excluding hydrogens is 396 g/mol. The van der Waals surface area contributed by atoms with Gasteiger partial charge in [-0.05, 0) is 26.2 Å². The lowest BCUT2D eigenvalue weighted by Crippen LogP contribution is -2.27. The Hall–Kier alpha value is -3.56. The van der Waals surface area contributed by atoms with Gasteiger partial charge in [0, 0.05) is 37.5 Å². The van der Waals surface area contributed by atoms with Crippen LogP contribution >= 0.6 is 0 Å². The van der Waals surface area contributed by atoms with Crippen LogP contribution in [0.5, 0.6) is 0 Å². The number of hydrogen-bond acceptors (Lipinski definition) is 6. The second kappa shape index (κ2) is 7.93. The maximum atomic E-state index is 13.3. The number of carbonyl (C=O) groups excluding carboxylic acids is 1. The van der Waals surface area contributed by atoms with Gasteiger partial charge in [-0.25, -0.2) is 14.2 Å². The minimum Gasteiger partial charge on any atom is -0.285 e. The van der Waals surface area contributed by atoms with Crippen molar-refractivity contribution >= 4 is 11.6 Å². The van der Waals surface area contributed by atoms with Crippen molar-refractivity contribution in [3.63, 3.8) is 0 Å². The molecule has 4 aromatic rings. The Labute approximate surface area is 179 Å². The molecule has 0 aromatic carbocycles. The van der Waals surface area contributed by atoms with Gasteiger partial charge in [-0.2, -0.15) is 10.2 Å². The van der Waals surface area contributed by atoms with E-state index in [1.807, 2.05) is 24.7 Å². The third-order valence-electron chi connectivity index (χ3n) is 5.12. The molecule has 0 aliphatic rings. The Morgan fingerprint density at radius 3 is 2.42 bits per heavy atom. The number of aryl methyl sites for hydroxylation is 1. The monoisotopic (exact) mass is 422 g/mol. The van der Waals surface area contributed by atoms with Crippen molar-refractivity contribution < 1.29 is 4.79 Å². The van der Waals surface area contributed by atoms with Crippen LogP contribution in [0, 0.1) is 5.92 Å². The molecule has 0 fully saturated rings. The van der Waals surface area contributed by atoms with E-state index < -0.39 is 0 Å². The second-order valence-electron chi connectivity index (χ2n) is 8.34. The van der Waals surface area contributed by atoms with E-state index in [0.717, 1.165) is 18.5 Å². The zero-order valence-corrected chi connectivity index (χ0v) is 18.3. The van der Waals surface area contributed by atoms with E-state index >= 15 is 0 Å². The molecule has 0 radical (unpaired) electrons. The van der Waals surface area contributed by atoms with Gasteiger partial charge in [0.2, 0.25) is 11.6 Å². The molecule has 31 heavy (non-hydrogen) atoms. The highest BCUT2D eigenvalue weighted by Gasteiger charge is 2.20. The number of carbonyl (C=O) groups is 1. The number of hydrogen-bond donors (Lipinski definition) is 0. The van der Waals surface area contributed by atoms with Crippen molar-refractivity contribution in [1.82, 2.24) is 38.7 Å². The summed E-state index contributed by atoms with van der Waals surface area (Å²) in [6, 6.07) is -0.111. The summed E-state index contributed by atoms with van der Waals surface area (Å²) in [4.78, 5) is 29.2. The van der Waals surface area contributed by atoms with Crippen LogP contribution in [0.15, 0.2) is 35.8 Å². The van der Waals surface area contributed by atoms with Crippen molar-refractivity contribution in [2.24, 2.45) is 5.92 Å². The Balaban J connectivity index is 1.87. The molecule has 0 aliphatic heterocycles. The largest absolute Gasteiger partial charge is 0.297 e. The molecule has 0 saturated heterocycles. The summed E-state index contributed by atoms with van der Waals surface area (Å²) in [5.41, 5.74) is 1.98. The normalized spacial score (nSPS) is 11.8. The lowest BCUT2D eigenvalue weighted by Gasteiger charge is -2.15. The SMILES string of the molecule is CC(=O)n1cc(-c2cnc3c(=O)n(C(C)C)c(-c4cnn(CCC(C)C)c4)nn23)cn1. The van der Waals surface area contributed by atoms with E-state index in [2.05, 4.69) is 29.0 Å². The van der Waals surface area contributed by atoms with Crippen molar-refractivity contribution in [1.29, 1.82) is 0 Å². The van der Waals surface area contributed by atoms with Crippen molar-refractivity contribution in [3.8, 4) is 22.6 Å². The fourth-order valence-corrected chi connectivity index (χ4v) is 3.43. The molecule has 0 bridgehead atoms. The van der Waals surface area contributed by atoms with Gasteiger partial charge in [-0.3, -0.25) is 18.8 Å². The van der Waals surface area contributed by atoms with E-state index in [9.17, 15) is 9.59 Å². The van der Waals surface area contributed by atoms with E-state index in [1.165, 1.54) is 16.1 Å². The molecule has 0 N–H and O–H groups in total. The third kappa shape index (κ3) is 3.80. The molecule has 0 saturated carbocycles. The zero-order valence-electron chi connectivity index (χ0n) is 18.3. The van der Waals surface area contributed by atoms with Crippen LogP contribution in [-0.2, 0) is 6.54 Å². The number of aromatic nitrogens is 8. The lowest BCUT2D eigenvalue weighted by molar-refractivity contribution is 0.0921. The molecule has 0 atom stereocenters. The summed E-state index contributed by atoms with van der Waals surface area (Å²) in [5, 5.41) is 13.3. The van der Waals surface area contributed by atoms with Crippen molar-refractivity contribution in [2.75, 3.05) is 0 Å². The van der Waals surface area contributed by atoms with E-state index in [-0.39, 0.29) is 23.2 Å². The minimum atomic E-state index is -0.236. The summed E-state index contributed by atoms with van der Waals surface area (Å²) in [5.74, 6) is 0.881. The van der Waals surface area contributed by atoms with Crippen LogP contribution in [0.3, 0.4) is 0 Å². The van der Waals surface area contributed by atoms with E-state index in [4.69, 9.17) is 5.10 Å². The Morgan fingerprint density at radius 2 is 1.77 bits per heavy atom. The number of fused-ring (bicyclic) bond motifs is 1. The molecule has 0 amide bonds. The third-order valence-corrected chi connectivity index (χ3v) is 5.12. The highest BCUT2D eigenvalue weighted by Crippen LogP contribution is 2.23. The molecule has 0 aliphatic carbocycles. The minimum absolute atomic E-state index is 0.111. The van der Waals surface area contributed by atoms with Gasteiger partial charge in [0.15, 0.2) is 5.82 Å². The molecule has 0 unspecified atom stereocenters. The van der Waals surface area contributed by atoms with E-state index in [0.29, 0.717) is 23.0 Å². The maximum absolute atomic E-state index is 13.3. The van der Waals surface area contributed by atoms with Gasteiger partial charge in [0.25, 0.3) is 5.56 Å². The Kier molecular flexibility index (Phi) is 5.30. The second-order valence-corrected chi connectivity index (χ2v) is 8.34. The number of rotatable bonds is 6. The zero-order chi connectivity index (χ0) is 22.3. The summed E-state index contributed by atoms with van der Waals surface area (Å²) in [7, 11) is 0. The molecule has 4 aromatic heterocycles. The average molecular weight is 422 g/mol. The van der Waals surface area contributed by atoms with Crippen LogP contribution in [0.2, 0.25) is 0 Å². The molecule has 4 heterocycles. The molecule has 162 valence electrons. The summed E-state index contributed by atoms with van der Waals surface area (Å²) < 4.78 is 6.27. The first-order valence-corrected chi connectivity index (χ1v) is 10.3. The van der Waals surface area contributed by atoms with Crippen LogP contribution in [0.4, 0.5) is 0 Å². The molecule has 4 rings (SSSR count). The van der Waals surface area contributed by atoms with Crippen LogP contribution in [0.1, 0.15) is 51.9 Å². The van der Waals surface area contributed by atoms with Gasteiger partial charge in [-0.15, -0.1) is 5.10 Å². The Morgan fingerprint density at radius 1 is 1.03 bits per heavy atom. The van der Waals surface area contributed by atoms with Gasteiger partial charge < -0.3 is 0 Å². The molecule has 10 heteroatoms. The number of imidazole rings is 1. The fourth-order valence-electron chi connectivity index (χ4n) is 3.43. The van der Waals surface area contributed by atoms with Gasteiger partial charge in [-0.1, -0.05) is 13.8 Å². The van der Waals surface area contributed by atoms with Gasteiger partial charge >= 0.3 is 0 Å².